The van der Waals surface area contributed by atoms with E-state index >= 15 is 0 Å². The van der Waals surface area contributed by atoms with Crippen molar-refractivity contribution in [1.29, 1.82) is 0 Å². The average Bonchev–Trinajstić information content (AvgIpc) is 3.16. The lowest BCUT2D eigenvalue weighted by atomic mass is 9.92. The second kappa shape index (κ2) is 8.73. The first-order chi connectivity index (χ1) is 16.0. The number of aromatic nitrogens is 2. The lowest BCUT2D eigenvalue weighted by Gasteiger charge is -2.30. The number of aryl methyl sites for hydroxylation is 1. The van der Waals surface area contributed by atoms with Gasteiger partial charge < -0.3 is 15.0 Å². The minimum atomic E-state index is -5.16. The molecule has 34 heavy (non-hydrogen) atoms. The quantitative estimate of drug-likeness (QED) is 0.342. The summed E-state index contributed by atoms with van der Waals surface area (Å²) in [5, 5.41) is 14.1. The maximum Gasteiger partial charge on any atom is 0.428 e. The van der Waals surface area contributed by atoms with Crippen LogP contribution in [0.25, 0.3) is 11.0 Å². The van der Waals surface area contributed by atoms with E-state index in [1.54, 1.807) is 31.2 Å². The molecule has 10 heteroatoms. The van der Waals surface area contributed by atoms with Gasteiger partial charge in [-0.15, -0.1) is 0 Å². The van der Waals surface area contributed by atoms with E-state index in [4.69, 9.17) is 11.6 Å². The standard InChI is InChI=1S/C24H18ClF4N3O2/c1-2-32-20-12-14(21(33)30-18-5-3-4-16(25)13-18)6-11-19(20)31-22(32)23(34,24(27,28)29)15-7-9-17(26)10-8-15/h3-13,34H,2H2,1H3,(H,30,33). The molecule has 0 spiro atoms. The molecule has 1 atom stereocenters. The Hall–Kier alpha value is -3.43. The van der Waals surface area contributed by atoms with Gasteiger partial charge in [0.1, 0.15) is 5.82 Å². The summed E-state index contributed by atoms with van der Waals surface area (Å²) in [5.74, 6) is -1.93. The fourth-order valence-electron chi connectivity index (χ4n) is 3.74. The zero-order valence-corrected chi connectivity index (χ0v) is 18.5. The van der Waals surface area contributed by atoms with Crippen LogP contribution in [0.3, 0.4) is 0 Å². The number of hydrogen-bond donors (Lipinski definition) is 2. The van der Waals surface area contributed by atoms with Gasteiger partial charge in [0.25, 0.3) is 5.91 Å². The molecule has 176 valence electrons. The molecule has 0 aliphatic rings. The van der Waals surface area contributed by atoms with Gasteiger partial charge in [-0.3, -0.25) is 4.79 Å². The van der Waals surface area contributed by atoms with Crippen molar-refractivity contribution in [3.05, 3.63) is 94.5 Å². The molecule has 0 saturated heterocycles. The molecular formula is C24H18ClF4N3O2. The molecular weight excluding hydrogens is 474 g/mol. The van der Waals surface area contributed by atoms with E-state index in [0.29, 0.717) is 10.7 Å². The van der Waals surface area contributed by atoms with Gasteiger partial charge in [-0.1, -0.05) is 29.8 Å². The van der Waals surface area contributed by atoms with Gasteiger partial charge in [0.15, 0.2) is 5.82 Å². The van der Waals surface area contributed by atoms with E-state index < -0.39 is 34.9 Å². The number of nitrogens with zero attached hydrogens (tertiary/aromatic N) is 2. The zero-order chi connectivity index (χ0) is 24.7. The highest BCUT2D eigenvalue weighted by Gasteiger charge is 2.59. The van der Waals surface area contributed by atoms with Crippen LogP contribution in [0, 0.1) is 5.82 Å². The average molecular weight is 492 g/mol. The number of anilines is 1. The number of benzene rings is 3. The number of carbonyl (C=O) groups is 1. The Kier molecular flexibility index (Phi) is 6.09. The van der Waals surface area contributed by atoms with Crippen molar-refractivity contribution in [2.75, 3.05) is 5.32 Å². The van der Waals surface area contributed by atoms with E-state index in [2.05, 4.69) is 10.3 Å². The van der Waals surface area contributed by atoms with Crippen molar-refractivity contribution < 1.29 is 27.5 Å². The van der Waals surface area contributed by atoms with Crippen LogP contribution in [-0.2, 0) is 12.1 Å². The number of rotatable bonds is 5. The maximum atomic E-state index is 14.2. The van der Waals surface area contributed by atoms with Crippen molar-refractivity contribution in [2.45, 2.75) is 25.2 Å². The minimum absolute atomic E-state index is 0.0186. The molecule has 0 aliphatic heterocycles. The summed E-state index contributed by atoms with van der Waals surface area (Å²) in [7, 11) is 0. The van der Waals surface area contributed by atoms with Crippen molar-refractivity contribution in [3.63, 3.8) is 0 Å². The summed E-state index contributed by atoms with van der Waals surface area (Å²) < 4.78 is 57.2. The number of halogens is 5. The minimum Gasteiger partial charge on any atom is -0.370 e. The fourth-order valence-corrected chi connectivity index (χ4v) is 3.93. The molecule has 1 unspecified atom stereocenters. The Morgan fingerprint density at radius 2 is 1.79 bits per heavy atom. The Balaban J connectivity index is 1.82. The molecule has 0 fully saturated rings. The van der Waals surface area contributed by atoms with E-state index in [1.165, 1.54) is 22.8 Å². The monoisotopic (exact) mass is 491 g/mol. The second-order valence-corrected chi connectivity index (χ2v) is 8.00. The third kappa shape index (κ3) is 4.12. The number of alkyl halides is 3. The summed E-state index contributed by atoms with van der Waals surface area (Å²) in [4.78, 5) is 16.8. The van der Waals surface area contributed by atoms with Crippen LogP contribution in [0.2, 0.25) is 5.02 Å². The molecule has 1 amide bonds. The van der Waals surface area contributed by atoms with Crippen LogP contribution in [0.4, 0.5) is 23.2 Å². The normalized spacial score (nSPS) is 13.6. The third-order valence-electron chi connectivity index (χ3n) is 5.40. The summed E-state index contributed by atoms with van der Waals surface area (Å²) in [6.07, 6.45) is -5.16. The van der Waals surface area contributed by atoms with Crippen LogP contribution >= 0.6 is 11.6 Å². The largest absolute Gasteiger partial charge is 0.428 e. The summed E-state index contributed by atoms with van der Waals surface area (Å²) in [5.41, 5.74) is -3.08. The lowest BCUT2D eigenvalue weighted by molar-refractivity contribution is -0.252. The Bertz CT molecular complexity index is 1370. The van der Waals surface area contributed by atoms with Crippen LogP contribution < -0.4 is 5.32 Å². The van der Waals surface area contributed by atoms with Crippen LogP contribution in [0.15, 0.2) is 66.7 Å². The molecule has 0 bridgehead atoms. The van der Waals surface area contributed by atoms with Gasteiger partial charge in [0.2, 0.25) is 5.60 Å². The first-order valence-corrected chi connectivity index (χ1v) is 10.5. The molecule has 2 N–H and O–H groups in total. The first kappa shape index (κ1) is 23.7. The molecule has 0 radical (unpaired) electrons. The molecule has 4 aromatic rings. The Morgan fingerprint density at radius 1 is 1.09 bits per heavy atom. The van der Waals surface area contributed by atoms with Crippen LogP contribution in [0.5, 0.6) is 0 Å². The zero-order valence-electron chi connectivity index (χ0n) is 17.7. The Labute approximate surface area is 196 Å². The first-order valence-electron chi connectivity index (χ1n) is 10.2. The number of imidazole rings is 1. The third-order valence-corrected chi connectivity index (χ3v) is 5.64. The van der Waals surface area contributed by atoms with Crippen molar-refractivity contribution in [3.8, 4) is 0 Å². The van der Waals surface area contributed by atoms with E-state index in [9.17, 15) is 27.5 Å². The van der Waals surface area contributed by atoms with Gasteiger partial charge in [-0.05, 0) is 55.5 Å². The highest BCUT2D eigenvalue weighted by Crippen LogP contribution is 2.44. The van der Waals surface area contributed by atoms with Gasteiger partial charge in [-0.2, -0.15) is 13.2 Å². The number of carbonyl (C=O) groups excluding carboxylic acids is 1. The van der Waals surface area contributed by atoms with Gasteiger partial charge >= 0.3 is 6.18 Å². The van der Waals surface area contributed by atoms with E-state index in [0.717, 1.165) is 24.3 Å². The highest BCUT2D eigenvalue weighted by atomic mass is 35.5. The van der Waals surface area contributed by atoms with Gasteiger partial charge in [0.05, 0.1) is 11.0 Å². The smallest absolute Gasteiger partial charge is 0.370 e. The van der Waals surface area contributed by atoms with Crippen LogP contribution in [0.1, 0.15) is 28.7 Å². The molecule has 5 nitrogen and oxygen atoms in total. The topological polar surface area (TPSA) is 67.1 Å². The number of hydrogen-bond acceptors (Lipinski definition) is 3. The number of amides is 1. The van der Waals surface area contributed by atoms with Crippen molar-refractivity contribution in [2.24, 2.45) is 0 Å². The SMILES string of the molecule is CCn1c(C(O)(c2ccc(F)cc2)C(F)(F)F)nc2ccc(C(=O)Nc3cccc(Cl)c3)cc21. The van der Waals surface area contributed by atoms with Gasteiger partial charge in [0, 0.05) is 28.4 Å². The van der Waals surface area contributed by atoms with Crippen molar-refractivity contribution >= 4 is 34.2 Å². The predicted octanol–water partition coefficient (Wildman–Crippen LogP) is 5.90. The van der Waals surface area contributed by atoms with E-state index in [1.807, 2.05) is 0 Å². The molecule has 1 heterocycles. The highest BCUT2D eigenvalue weighted by molar-refractivity contribution is 6.31. The Morgan fingerprint density at radius 3 is 2.41 bits per heavy atom. The predicted molar refractivity (Wildman–Crippen MR) is 120 cm³/mol. The number of aliphatic hydroxyl groups is 1. The van der Waals surface area contributed by atoms with E-state index in [-0.39, 0.29) is 23.1 Å². The van der Waals surface area contributed by atoms with Crippen molar-refractivity contribution in [1.82, 2.24) is 9.55 Å². The molecule has 4 rings (SSSR count). The second-order valence-electron chi connectivity index (χ2n) is 7.56. The molecule has 3 aromatic carbocycles. The molecule has 1 aromatic heterocycles. The summed E-state index contributed by atoms with van der Waals surface area (Å²) in [6, 6.07) is 14.1. The lowest BCUT2D eigenvalue weighted by Crippen LogP contribution is -2.45. The molecule has 0 aliphatic carbocycles. The van der Waals surface area contributed by atoms with Crippen LogP contribution in [-0.4, -0.2) is 26.7 Å². The summed E-state index contributed by atoms with van der Waals surface area (Å²) in [6.45, 7) is 1.61. The van der Waals surface area contributed by atoms with Gasteiger partial charge in [-0.25, -0.2) is 9.37 Å². The fraction of sp³-hybridized carbons (Fsp3) is 0.167. The molecule has 0 saturated carbocycles. The maximum absolute atomic E-state index is 14.2. The summed E-state index contributed by atoms with van der Waals surface area (Å²) >= 11 is 5.93. The number of nitrogens with one attached hydrogen (secondary N) is 1. The number of fused-ring (bicyclic) bond motifs is 1.